The number of hydrogen-bond donors (Lipinski definition) is 2. The number of hydrogen-bond acceptors (Lipinski definition) is 5. The molecule has 0 unspecified atom stereocenters. The number of Topliss-reactive ketones (excluding diaryl/α,β-unsaturated/α-hetero) is 1. The fourth-order valence-corrected chi connectivity index (χ4v) is 4.44. The number of anilines is 1. The first-order valence-electron chi connectivity index (χ1n) is 10.5. The number of benzene rings is 2. The molecule has 2 N–H and O–H groups in total. The number of ketones is 1. The third-order valence-corrected chi connectivity index (χ3v) is 6.05. The van der Waals surface area contributed by atoms with Gasteiger partial charge < -0.3 is 20.1 Å². The Morgan fingerprint density at radius 1 is 1.00 bits per heavy atom. The second kappa shape index (κ2) is 8.86. The summed E-state index contributed by atoms with van der Waals surface area (Å²) in [5.41, 5.74) is 3.44. The molecule has 0 saturated heterocycles. The lowest BCUT2D eigenvalue weighted by Gasteiger charge is -2.33. The average molecular weight is 434 g/mol. The Bertz CT molecular complexity index is 1100. The number of carbonyl (C=O) groups excluding carboxylic acids is 3. The summed E-state index contributed by atoms with van der Waals surface area (Å²) in [5, 5.41) is 5.70. The number of methoxy groups -OCH3 is 2. The number of nitrogens with one attached hydrogen (secondary N) is 2. The summed E-state index contributed by atoms with van der Waals surface area (Å²) < 4.78 is 10.5. The van der Waals surface area contributed by atoms with Crippen LogP contribution < -0.4 is 20.1 Å². The van der Waals surface area contributed by atoms with E-state index in [-0.39, 0.29) is 29.9 Å². The van der Waals surface area contributed by atoms with Gasteiger partial charge >= 0.3 is 0 Å². The van der Waals surface area contributed by atoms with Crippen molar-refractivity contribution < 1.29 is 23.9 Å². The summed E-state index contributed by atoms with van der Waals surface area (Å²) >= 11 is 0. The van der Waals surface area contributed by atoms with Crippen molar-refractivity contribution >= 4 is 23.3 Å². The molecule has 166 valence electrons. The van der Waals surface area contributed by atoms with E-state index in [1.807, 2.05) is 37.3 Å². The minimum atomic E-state index is -0.826. The van der Waals surface area contributed by atoms with Crippen LogP contribution in [0.2, 0.25) is 0 Å². The van der Waals surface area contributed by atoms with Crippen molar-refractivity contribution in [2.75, 3.05) is 19.5 Å². The molecule has 2 atom stereocenters. The molecule has 4 rings (SSSR count). The Morgan fingerprint density at radius 2 is 1.75 bits per heavy atom. The molecule has 7 heteroatoms. The van der Waals surface area contributed by atoms with Crippen LogP contribution in [0.3, 0.4) is 0 Å². The third kappa shape index (κ3) is 4.23. The standard InChI is InChI=1S/C25H26N2O5/c1-14-4-9-22(32-3)19(10-14)27-25(30)18-13-23(29)26-20-11-16(12-21(28)24(18)20)15-5-7-17(31-2)8-6-15/h4-10,16,18H,11-13H2,1-3H3,(H,26,29)(H,27,30)/t16-,18-/m1/s1. The first kappa shape index (κ1) is 21.6. The lowest BCUT2D eigenvalue weighted by Crippen LogP contribution is -2.43. The zero-order valence-corrected chi connectivity index (χ0v) is 18.4. The van der Waals surface area contributed by atoms with E-state index in [0.29, 0.717) is 35.5 Å². The van der Waals surface area contributed by atoms with E-state index in [1.54, 1.807) is 19.2 Å². The highest BCUT2D eigenvalue weighted by molar-refractivity contribution is 6.09. The molecule has 32 heavy (non-hydrogen) atoms. The van der Waals surface area contributed by atoms with Gasteiger partial charge in [0.2, 0.25) is 11.8 Å². The summed E-state index contributed by atoms with van der Waals surface area (Å²) in [6, 6.07) is 13.0. The van der Waals surface area contributed by atoms with E-state index in [2.05, 4.69) is 10.6 Å². The largest absolute Gasteiger partial charge is 0.497 e. The topological polar surface area (TPSA) is 93.7 Å². The van der Waals surface area contributed by atoms with Crippen LogP contribution in [-0.4, -0.2) is 31.8 Å². The van der Waals surface area contributed by atoms with Crippen LogP contribution in [-0.2, 0) is 14.4 Å². The first-order chi connectivity index (χ1) is 15.4. The van der Waals surface area contributed by atoms with Gasteiger partial charge in [0.25, 0.3) is 0 Å². The summed E-state index contributed by atoms with van der Waals surface area (Å²) in [6.45, 7) is 1.91. The number of aryl methyl sites for hydroxylation is 1. The zero-order valence-electron chi connectivity index (χ0n) is 18.4. The van der Waals surface area contributed by atoms with Gasteiger partial charge in [0, 0.05) is 24.1 Å². The maximum Gasteiger partial charge on any atom is 0.232 e. The molecule has 2 aliphatic rings. The molecule has 1 heterocycles. The van der Waals surface area contributed by atoms with Gasteiger partial charge in [-0.2, -0.15) is 0 Å². The molecular weight excluding hydrogens is 408 g/mol. The van der Waals surface area contributed by atoms with Crippen molar-refractivity contribution in [1.82, 2.24) is 5.32 Å². The SMILES string of the molecule is COc1ccc([C@H]2CC(=O)C3=C(C2)NC(=O)C[C@H]3C(=O)Nc2cc(C)ccc2OC)cc1. The normalized spacial score (nSPS) is 20.3. The van der Waals surface area contributed by atoms with Crippen molar-refractivity contribution in [2.24, 2.45) is 5.92 Å². The molecule has 2 amide bonds. The van der Waals surface area contributed by atoms with Gasteiger partial charge in [-0.3, -0.25) is 14.4 Å². The van der Waals surface area contributed by atoms with Crippen molar-refractivity contribution in [3.8, 4) is 11.5 Å². The van der Waals surface area contributed by atoms with Crippen molar-refractivity contribution in [2.45, 2.75) is 32.1 Å². The van der Waals surface area contributed by atoms with Gasteiger partial charge in [-0.15, -0.1) is 0 Å². The van der Waals surface area contributed by atoms with Crippen LogP contribution in [0.25, 0.3) is 0 Å². The van der Waals surface area contributed by atoms with E-state index in [1.165, 1.54) is 7.11 Å². The maximum absolute atomic E-state index is 13.2. The maximum atomic E-state index is 13.2. The third-order valence-electron chi connectivity index (χ3n) is 6.05. The number of ether oxygens (including phenoxy) is 2. The summed E-state index contributed by atoms with van der Waals surface area (Å²) in [4.78, 5) is 38.7. The Hall–Kier alpha value is -3.61. The van der Waals surface area contributed by atoms with Gasteiger partial charge in [0.05, 0.1) is 25.8 Å². The molecule has 0 fully saturated rings. The minimum Gasteiger partial charge on any atom is -0.497 e. The van der Waals surface area contributed by atoms with Crippen LogP contribution in [0.5, 0.6) is 11.5 Å². The summed E-state index contributed by atoms with van der Waals surface area (Å²) in [5.74, 6) is -0.378. The van der Waals surface area contributed by atoms with Gasteiger partial charge in [0.1, 0.15) is 11.5 Å². The van der Waals surface area contributed by atoms with E-state index in [4.69, 9.17) is 9.47 Å². The number of rotatable bonds is 5. The molecule has 7 nitrogen and oxygen atoms in total. The highest BCUT2D eigenvalue weighted by Gasteiger charge is 2.40. The summed E-state index contributed by atoms with van der Waals surface area (Å²) in [6.07, 6.45) is 0.729. The first-order valence-corrected chi connectivity index (χ1v) is 10.5. The molecule has 1 aliphatic carbocycles. The predicted molar refractivity (Wildman–Crippen MR) is 120 cm³/mol. The van der Waals surface area contributed by atoms with Gasteiger partial charge in [-0.1, -0.05) is 18.2 Å². The number of amides is 2. The smallest absolute Gasteiger partial charge is 0.232 e. The molecule has 0 saturated carbocycles. The highest BCUT2D eigenvalue weighted by atomic mass is 16.5. The molecule has 1 aliphatic heterocycles. The fraction of sp³-hybridized carbons (Fsp3) is 0.320. The number of allylic oxidation sites excluding steroid dienone is 1. The van der Waals surface area contributed by atoms with E-state index in [0.717, 1.165) is 16.9 Å². The molecule has 2 aromatic carbocycles. The van der Waals surface area contributed by atoms with E-state index < -0.39 is 5.92 Å². The molecule has 0 bridgehead atoms. The second-order valence-electron chi connectivity index (χ2n) is 8.19. The molecule has 0 radical (unpaired) electrons. The second-order valence-corrected chi connectivity index (χ2v) is 8.19. The summed E-state index contributed by atoms with van der Waals surface area (Å²) in [7, 11) is 3.13. The minimum absolute atomic E-state index is 0.0578. The van der Waals surface area contributed by atoms with Crippen molar-refractivity contribution in [1.29, 1.82) is 0 Å². The van der Waals surface area contributed by atoms with Crippen LogP contribution in [0, 0.1) is 12.8 Å². The Balaban J connectivity index is 1.60. The van der Waals surface area contributed by atoms with Crippen LogP contribution in [0.15, 0.2) is 53.7 Å². The lowest BCUT2D eigenvalue weighted by molar-refractivity contribution is -0.129. The van der Waals surface area contributed by atoms with E-state index in [9.17, 15) is 14.4 Å². The van der Waals surface area contributed by atoms with Crippen LogP contribution in [0.4, 0.5) is 5.69 Å². The molecule has 0 aromatic heterocycles. The fourth-order valence-electron chi connectivity index (χ4n) is 4.44. The van der Waals surface area contributed by atoms with Gasteiger partial charge in [-0.05, 0) is 54.7 Å². The monoisotopic (exact) mass is 434 g/mol. The predicted octanol–water partition coefficient (Wildman–Crippen LogP) is 3.49. The Labute approximate surface area is 186 Å². The molecule has 0 spiro atoms. The van der Waals surface area contributed by atoms with Crippen molar-refractivity contribution in [3.63, 3.8) is 0 Å². The van der Waals surface area contributed by atoms with Crippen LogP contribution in [0.1, 0.15) is 36.3 Å². The molecular formula is C25H26N2O5. The quantitative estimate of drug-likeness (QED) is 0.751. The Kier molecular flexibility index (Phi) is 5.99. The highest BCUT2D eigenvalue weighted by Crippen LogP contribution is 2.40. The Morgan fingerprint density at radius 3 is 2.44 bits per heavy atom. The lowest BCUT2D eigenvalue weighted by atomic mass is 9.75. The van der Waals surface area contributed by atoms with E-state index >= 15 is 0 Å². The zero-order chi connectivity index (χ0) is 22.8. The van der Waals surface area contributed by atoms with Crippen molar-refractivity contribution in [3.05, 3.63) is 64.9 Å². The number of carbonyl (C=O) groups is 3. The van der Waals surface area contributed by atoms with Gasteiger partial charge in [-0.25, -0.2) is 0 Å². The molecule has 2 aromatic rings. The average Bonchev–Trinajstić information content (AvgIpc) is 2.78. The van der Waals surface area contributed by atoms with Gasteiger partial charge in [0.15, 0.2) is 5.78 Å². The van der Waals surface area contributed by atoms with Crippen LogP contribution >= 0.6 is 0 Å².